The predicted molar refractivity (Wildman–Crippen MR) is 145 cm³/mol. The van der Waals surface area contributed by atoms with Crippen LogP contribution < -0.4 is 10.2 Å². The summed E-state index contributed by atoms with van der Waals surface area (Å²) in [6, 6.07) is 25.5. The zero-order valence-corrected chi connectivity index (χ0v) is 20.5. The Bertz CT molecular complexity index is 1390. The van der Waals surface area contributed by atoms with Gasteiger partial charge in [0, 0.05) is 56.0 Å². The highest BCUT2D eigenvalue weighted by atomic mass is 16.4. The largest absolute Gasteiger partial charge is 0.481 e. The minimum atomic E-state index is -0.831. The Hall–Kier alpha value is -4.46. The van der Waals surface area contributed by atoms with Gasteiger partial charge in [-0.1, -0.05) is 48.5 Å². The van der Waals surface area contributed by atoms with E-state index in [4.69, 9.17) is 15.1 Å². The van der Waals surface area contributed by atoms with Crippen LogP contribution in [0.3, 0.4) is 0 Å². The normalized spacial score (nSPS) is 13.5. The van der Waals surface area contributed by atoms with E-state index in [0.717, 1.165) is 18.7 Å². The van der Waals surface area contributed by atoms with E-state index in [2.05, 4.69) is 22.3 Å². The molecule has 0 saturated carbocycles. The number of carbonyl (C=O) groups excluding carboxylic acids is 1. The number of fused-ring (bicyclic) bond motifs is 1. The lowest BCUT2D eigenvalue weighted by atomic mass is 10.1. The Morgan fingerprint density at radius 2 is 1.54 bits per heavy atom. The van der Waals surface area contributed by atoms with E-state index in [-0.39, 0.29) is 12.3 Å². The van der Waals surface area contributed by atoms with E-state index in [1.807, 2.05) is 65.6 Å². The topological polar surface area (TPSA) is 98.7 Å². The number of amides is 1. The second-order valence-corrected chi connectivity index (χ2v) is 9.03. The second-order valence-electron chi connectivity index (χ2n) is 9.03. The van der Waals surface area contributed by atoms with Gasteiger partial charge in [-0.15, -0.1) is 0 Å². The first-order valence-electron chi connectivity index (χ1n) is 12.5. The highest BCUT2D eigenvalue weighted by Crippen LogP contribution is 2.28. The second kappa shape index (κ2) is 11.1. The zero-order valence-electron chi connectivity index (χ0n) is 20.5. The first kappa shape index (κ1) is 24.2. The molecule has 5 rings (SSSR count). The third-order valence-corrected chi connectivity index (χ3v) is 6.51. The van der Waals surface area contributed by atoms with Gasteiger partial charge in [0.15, 0.2) is 5.82 Å². The minimum Gasteiger partial charge on any atom is -0.481 e. The average Bonchev–Trinajstić information content (AvgIpc) is 2.95. The van der Waals surface area contributed by atoms with Crippen LogP contribution in [-0.2, 0) is 4.79 Å². The van der Waals surface area contributed by atoms with E-state index in [1.54, 1.807) is 6.07 Å². The molecule has 0 aliphatic carbocycles. The molecule has 188 valence electrons. The van der Waals surface area contributed by atoms with E-state index in [0.29, 0.717) is 54.2 Å². The van der Waals surface area contributed by atoms with Gasteiger partial charge < -0.3 is 20.2 Å². The number of rotatable bonds is 8. The summed E-state index contributed by atoms with van der Waals surface area (Å²) in [5.74, 6) is -0.271. The number of carboxylic acids is 1. The van der Waals surface area contributed by atoms with Crippen molar-refractivity contribution in [3.8, 4) is 11.3 Å². The number of carbonyl (C=O) groups is 2. The van der Waals surface area contributed by atoms with Crippen molar-refractivity contribution >= 4 is 34.4 Å². The molecule has 8 heteroatoms. The molecule has 2 N–H and O–H groups in total. The van der Waals surface area contributed by atoms with Crippen molar-refractivity contribution in [1.82, 2.24) is 14.9 Å². The number of anilines is 2. The molecular formula is C29H29N5O3. The van der Waals surface area contributed by atoms with Crippen LogP contribution in [-0.4, -0.2) is 64.6 Å². The van der Waals surface area contributed by atoms with E-state index >= 15 is 0 Å². The van der Waals surface area contributed by atoms with E-state index in [1.165, 1.54) is 5.69 Å². The molecule has 0 unspecified atom stereocenters. The molecule has 0 bridgehead atoms. The predicted octanol–water partition coefficient (Wildman–Crippen LogP) is 4.54. The van der Waals surface area contributed by atoms with Gasteiger partial charge in [0.1, 0.15) is 5.69 Å². The first-order chi connectivity index (χ1) is 18.1. The maximum atomic E-state index is 13.3. The molecule has 1 aliphatic heterocycles. The number of hydrogen-bond acceptors (Lipinski definition) is 6. The molecule has 1 amide bonds. The lowest BCUT2D eigenvalue weighted by molar-refractivity contribution is -0.137. The van der Waals surface area contributed by atoms with Crippen molar-refractivity contribution in [1.29, 1.82) is 0 Å². The van der Waals surface area contributed by atoms with Crippen LogP contribution in [0.15, 0.2) is 78.9 Å². The van der Waals surface area contributed by atoms with Gasteiger partial charge in [-0.25, -0.2) is 9.97 Å². The van der Waals surface area contributed by atoms with Crippen LogP contribution in [0.25, 0.3) is 22.3 Å². The summed E-state index contributed by atoms with van der Waals surface area (Å²) < 4.78 is 0. The number of aromatic nitrogens is 2. The Kier molecular flexibility index (Phi) is 7.26. The molecule has 2 heterocycles. The molecule has 1 aliphatic rings. The molecule has 1 fully saturated rings. The fourth-order valence-electron chi connectivity index (χ4n) is 4.54. The molecule has 4 aromatic rings. The molecule has 1 saturated heterocycles. The van der Waals surface area contributed by atoms with Crippen LogP contribution in [0.4, 0.5) is 11.5 Å². The number of piperazine rings is 1. The highest BCUT2D eigenvalue weighted by molar-refractivity contribution is 5.98. The maximum Gasteiger partial charge on any atom is 0.303 e. The molecule has 0 radical (unpaired) electrons. The Balaban J connectivity index is 1.36. The van der Waals surface area contributed by atoms with Gasteiger partial charge in [-0.3, -0.25) is 9.59 Å². The van der Waals surface area contributed by atoms with Crippen molar-refractivity contribution in [2.24, 2.45) is 0 Å². The number of benzene rings is 3. The van der Waals surface area contributed by atoms with Crippen LogP contribution >= 0.6 is 0 Å². The fraction of sp³-hybridized carbons (Fsp3) is 0.241. The summed E-state index contributed by atoms with van der Waals surface area (Å²) in [5, 5.41) is 12.2. The summed E-state index contributed by atoms with van der Waals surface area (Å²) in [6.07, 6.45) is 0.543. The minimum absolute atomic E-state index is 0.0143. The SMILES string of the molecule is O=C(O)CCCNc1nc2cc(C(=O)N3CCN(c4ccccc4)CC3)ccc2nc1-c1ccccc1. The molecule has 0 atom stereocenters. The maximum absolute atomic E-state index is 13.3. The number of aliphatic carboxylic acids is 1. The van der Waals surface area contributed by atoms with Gasteiger partial charge in [-0.05, 0) is 36.8 Å². The third kappa shape index (κ3) is 5.69. The smallest absolute Gasteiger partial charge is 0.303 e. The summed E-state index contributed by atoms with van der Waals surface area (Å²) in [4.78, 5) is 38.1. The fourth-order valence-corrected chi connectivity index (χ4v) is 4.54. The zero-order chi connectivity index (χ0) is 25.6. The number of nitrogens with zero attached hydrogens (tertiary/aromatic N) is 4. The summed E-state index contributed by atoms with van der Waals surface area (Å²) in [7, 11) is 0. The van der Waals surface area contributed by atoms with Crippen LogP contribution in [0.2, 0.25) is 0 Å². The average molecular weight is 496 g/mol. The molecule has 1 aromatic heterocycles. The third-order valence-electron chi connectivity index (χ3n) is 6.51. The standard InChI is InChI=1S/C29H29N5O3/c35-26(36)12-7-15-30-28-27(21-8-3-1-4-9-21)31-24-14-13-22(20-25(24)32-28)29(37)34-18-16-33(17-19-34)23-10-5-2-6-11-23/h1-6,8-11,13-14,20H,7,12,15-19H2,(H,30,32)(H,35,36). The molecular weight excluding hydrogens is 466 g/mol. The molecule has 37 heavy (non-hydrogen) atoms. The van der Waals surface area contributed by atoms with Crippen molar-refractivity contribution < 1.29 is 14.7 Å². The van der Waals surface area contributed by atoms with Crippen molar-refractivity contribution in [3.63, 3.8) is 0 Å². The number of carboxylic acid groups (broad SMARTS) is 1. The summed E-state index contributed by atoms with van der Waals surface area (Å²) in [6.45, 7) is 3.33. The Morgan fingerprint density at radius 3 is 2.24 bits per heavy atom. The van der Waals surface area contributed by atoms with Crippen molar-refractivity contribution in [2.75, 3.05) is 42.9 Å². The van der Waals surface area contributed by atoms with E-state index < -0.39 is 5.97 Å². The molecule has 3 aromatic carbocycles. The molecule has 8 nitrogen and oxygen atoms in total. The van der Waals surface area contributed by atoms with Gasteiger partial charge in [0.25, 0.3) is 5.91 Å². The number of hydrogen-bond donors (Lipinski definition) is 2. The number of nitrogens with one attached hydrogen (secondary N) is 1. The Morgan fingerprint density at radius 1 is 0.838 bits per heavy atom. The van der Waals surface area contributed by atoms with Crippen LogP contribution in [0.1, 0.15) is 23.2 Å². The van der Waals surface area contributed by atoms with Crippen molar-refractivity contribution in [3.05, 3.63) is 84.4 Å². The summed E-state index contributed by atoms with van der Waals surface area (Å²) >= 11 is 0. The highest BCUT2D eigenvalue weighted by Gasteiger charge is 2.23. The lowest BCUT2D eigenvalue weighted by Gasteiger charge is -2.36. The van der Waals surface area contributed by atoms with Crippen LogP contribution in [0, 0.1) is 0 Å². The molecule has 0 spiro atoms. The summed E-state index contributed by atoms with van der Waals surface area (Å²) in [5.41, 5.74) is 4.68. The number of para-hydroxylation sites is 1. The van der Waals surface area contributed by atoms with Crippen molar-refractivity contribution in [2.45, 2.75) is 12.8 Å². The van der Waals surface area contributed by atoms with Gasteiger partial charge >= 0.3 is 5.97 Å². The monoisotopic (exact) mass is 495 g/mol. The van der Waals surface area contributed by atoms with E-state index in [9.17, 15) is 9.59 Å². The first-order valence-corrected chi connectivity index (χ1v) is 12.5. The lowest BCUT2D eigenvalue weighted by Crippen LogP contribution is -2.48. The Labute approximate surface area is 215 Å². The van der Waals surface area contributed by atoms with Gasteiger partial charge in [0.2, 0.25) is 0 Å². The quantitative estimate of drug-likeness (QED) is 0.346. The van der Waals surface area contributed by atoms with Gasteiger partial charge in [-0.2, -0.15) is 0 Å². The van der Waals surface area contributed by atoms with Crippen LogP contribution in [0.5, 0.6) is 0 Å². The van der Waals surface area contributed by atoms with Gasteiger partial charge in [0.05, 0.1) is 11.0 Å².